The summed E-state index contributed by atoms with van der Waals surface area (Å²) >= 11 is 0. The Morgan fingerprint density at radius 2 is 1.22 bits per heavy atom. The fourth-order valence-electron chi connectivity index (χ4n) is 9.61. The molecule has 11 rings (SSSR count). The third kappa shape index (κ3) is 9.53. The molecule has 0 amide bonds. The third-order valence-electron chi connectivity index (χ3n) is 13.4. The molecule has 1 aliphatic heterocycles. The summed E-state index contributed by atoms with van der Waals surface area (Å²) < 4.78 is 103. The fraction of sp³-hybridized carbons (Fsp3) is 0.194. The number of anilines is 4. The molecule has 0 aliphatic carbocycles. The van der Waals surface area contributed by atoms with Gasteiger partial charge < -0.3 is 23.8 Å². The van der Waals surface area contributed by atoms with Crippen molar-refractivity contribution >= 4 is 44.6 Å². The molecular formula is C67H61N4O2Pt-3. The number of rotatable bonds is 12. The first-order chi connectivity index (χ1) is 39.4. The molecular weight excluding hydrogens is 1090 g/mol. The van der Waals surface area contributed by atoms with E-state index in [4.69, 9.17) is 28.2 Å². The predicted octanol–water partition coefficient (Wildman–Crippen LogP) is 18.8. The van der Waals surface area contributed by atoms with Crippen molar-refractivity contribution in [1.29, 1.82) is 0 Å². The van der Waals surface area contributed by atoms with E-state index in [1.807, 2.05) is 65.6 Å². The Hall–Kier alpha value is -7.40. The summed E-state index contributed by atoms with van der Waals surface area (Å²) in [6, 6.07) is 38.5. The number of nitrogens with zero attached hydrogens (tertiary/aromatic N) is 4. The zero-order chi connectivity index (χ0) is 59.2. The standard InChI is InChI=1S/C67H61N4O2.Pt/c1-43(2)48-36-57(44(3)4)66(58(37-48)45(5)6)73-53-34-35-68-64(41-53)71-60-33-30-49(67(7,8)9)38-59(60)56-32-31-52(40-63(56)71)72-51-25-18-24-50(39-51)69-42-70(62-29-17-16-28-61(62)69)65-54(46-20-12-10-13-21-46)26-19-27-55(65)47-22-14-11-15-23-47;/h10-38,41-45H,1-9H3;/q-3;/i10D,11D,12D,13D,14D,15D,20D,21D,22D,23D;. The molecule has 0 radical (unpaired) electrons. The smallest absolute Gasteiger partial charge is 0.139 e. The Balaban J connectivity index is 0.00000786. The van der Waals surface area contributed by atoms with Crippen molar-refractivity contribution in [3.8, 4) is 51.1 Å². The van der Waals surface area contributed by atoms with Crippen LogP contribution in [0.1, 0.15) is 116 Å². The van der Waals surface area contributed by atoms with Crippen LogP contribution in [0.4, 0.5) is 22.7 Å². The first kappa shape index (κ1) is 39.1. The molecule has 8 aromatic carbocycles. The van der Waals surface area contributed by atoms with E-state index in [1.165, 1.54) is 11.1 Å². The van der Waals surface area contributed by atoms with Crippen molar-refractivity contribution < 1.29 is 44.2 Å². The molecule has 0 N–H and O–H groups in total. The summed E-state index contributed by atoms with van der Waals surface area (Å²) in [4.78, 5) is 8.57. The van der Waals surface area contributed by atoms with Crippen LogP contribution in [0, 0.1) is 18.8 Å². The minimum absolute atomic E-state index is 0. The summed E-state index contributed by atoms with van der Waals surface area (Å²) in [5.74, 6) is 3.73. The van der Waals surface area contributed by atoms with Gasteiger partial charge in [0.05, 0.1) is 13.7 Å². The Morgan fingerprint density at radius 3 is 1.84 bits per heavy atom. The average molecular weight is 1160 g/mol. The molecule has 0 atom stereocenters. The van der Waals surface area contributed by atoms with Crippen molar-refractivity contribution in [2.75, 3.05) is 9.80 Å². The van der Waals surface area contributed by atoms with Crippen LogP contribution in [-0.4, -0.2) is 9.55 Å². The maximum Gasteiger partial charge on any atom is 0.139 e. The molecule has 2 aromatic heterocycles. The summed E-state index contributed by atoms with van der Waals surface area (Å²) in [6.07, 6.45) is 1.78. The largest absolute Gasteiger partial charge is 0.509 e. The van der Waals surface area contributed by atoms with Crippen molar-refractivity contribution in [2.24, 2.45) is 0 Å². The average Bonchev–Trinajstić information content (AvgIpc) is 1.62. The van der Waals surface area contributed by atoms with E-state index in [9.17, 15) is 0 Å². The van der Waals surface area contributed by atoms with E-state index in [-0.39, 0.29) is 66.3 Å². The Morgan fingerprint density at radius 1 is 0.595 bits per heavy atom. The van der Waals surface area contributed by atoms with Crippen LogP contribution in [0.2, 0.25) is 0 Å². The maximum atomic E-state index is 9.09. The molecule has 1 aliphatic rings. The van der Waals surface area contributed by atoms with Gasteiger partial charge in [0.1, 0.15) is 17.3 Å². The SMILES string of the molecule is [2H]c1c([2H])c([2H])c(-c2cccc(-c3c([2H])c([2H])c([2H])c([2H])c3[2H])c2N2[CH-]N(c3[c-]c(Oc4[c-]c5c(cc4)c4cc(C(C)(C)C)ccc4n5-c4cc(Oc5c(C(C)C)cc(C(C)C)cc5C(C)C)ccn4)ccc3)c3ccccc32)c([2H])c1[2H].[Pt]. The number of aromatic nitrogens is 2. The van der Waals surface area contributed by atoms with Crippen LogP contribution in [0.25, 0.3) is 49.9 Å². The second kappa shape index (κ2) is 20.5. The molecule has 374 valence electrons. The molecule has 7 heteroatoms. The summed E-state index contributed by atoms with van der Waals surface area (Å²) in [6.45, 7) is 21.6. The second-order valence-electron chi connectivity index (χ2n) is 20.4. The van der Waals surface area contributed by atoms with Gasteiger partial charge in [0, 0.05) is 78.5 Å². The second-order valence-corrected chi connectivity index (χ2v) is 20.4. The molecule has 0 bridgehead atoms. The van der Waals surface area contributed by atoms with Crippen LogP contribution >= 0.6 is 0 Å². The van der Waals surface area contributed by atoms with Crippen LogP contribution in [0.15, 0.2) is 182 Å². The van der Waals surface area contributed by atoms with E-state index >= 15 is 0 Å². The summed E-state index contributed by atoms with van der Waals surface area (Å²) in [5, 5.41) is 1.98. The molecule has 0 unspecified atom stereocenters. The molecule has 0 fully saturated rings. The molecule has 0 saturated heterocycles. The van der Waals surface area contributed by atoms with Crippen LogP contribution in [0.5, 0.6) is 23.0 Å². The van der Waals surface area contributed by atoms with Gasteiger partial charge in [-0.25, -0.2) is 4.98 Å². The normalized spacial score (nSPS) is 14.4. The first-order valence-electron chi connectivity index (χ1n) is 29.8. The van der Waals surface area contributed by atoms with Gasteiger partial charge in [-0.05, 0) is 86.2 Å². The van der Waals surface area contributed by atoms with E-state index in [2.05, 4.69) is 109 Å². The molecule has 74 heavy (non-hydrogen) atoms. The number of hydrogen-bond donors (Lipinski definition) is 0. The van der Waals surface area contributed by atoms with Crippen molar-refractivity contribution in [3.05, 3.63) is 223 Å². The predicted molar refractivity (Wildman–Crippen MR) is 303 cm³/mol. The van der Waals surface area contributed by atoms with Crippen LogP contribution < -0.4 is 19.3 Å². The van der Waals surface area contributed by atoms with Gasteiger partial charge in [0.15, 0.2) is 0 Å². The number of hydrogen-bond acceptors (Lipinski definition) is 5. The topological polar surface area (TPSA) is 42.8 Å². The molecule has 3 heterocycles. The number of pyridine rings is 1. The van der Waals surface area contributed by atoms with Gasteiger partial charge in [0.25, 0.3) is 0 Å². The molecule has 0 saturated carbocycles. The van der Waals surface area contributed by atoms with Gasteiger partial charge in [-0.1, -0.05) is 183 Å². The van der Waals surface area contributed by atoms with Gasteiger partial charge in [-0.2, -0.15) is 12.1 Å². The Labute approximate surface area is 465 Å². The molecule has 0 spiro atoms. The van der Waals surface area contributed by atoms with E-state index < -0.39 is 60.4 Å². The Bertz CT molecular complexity index is 4090. The van der Waals surface area contributed by atoms with Crippen LogP contribution in [0.3, 0.4) is 0 Å². The van der Waals surface area contributed by atoms with Crippen molar-refractivity contribution in [3.63, 3.8) is 0 Å². The Kier molecular flexibility index (Phi) is 10.8. The summed E-state index contributed by atoms with van der Waals surface area (Å²) in [5.41, 5.74) is 8.39. The van der Waals surface area contributed by atoms with Crippen molar-refractivity contribution in [1.82, 2.24) is 9.55 Å². The number of benzene rings is 8. The number of fused-ring (bicyclic) bond motifs is 4. The number of ether oxygens (including phenoxy) is 2. The van der Waals surface area contributed by atoms with Gasteiger partial charge >= 0.3 is 0 Å². The zero-order valence-corrected chi connectivity index (χ0v) is 45.1. The maximum absolute atomic E-state index is 9.09. The van der Waals surface area contributed by atoms with Gasteiger partial charge in [-0.3, -0.25) is 0 Å². The van der Waals surface area contributed by atoms with Crippen molar-refractivity contribution in [2.45, 2.75) is 85.5 Å². The van der Waals surface area contributed by atoms with Gasteiger partial charge in [-0.15, -0.1) is 48.1 Å². The zero-order valence-electron chi connectivity index (χ0n) is 52.8. The van der Waals surface area contributed by atoms with Gasteiger partial charge in [0.2, 0.25) is 0 Å². The van der Waals surface area contributed by atoms with E-state index in [0.717, 1.165) is 38.7 Å². The monoisotopic (exact) mass is 1160 g/mol. The molecule has 10 aromatic rings. The minimum Gasteiger partial charge on any atom is -0.509 e. The van der Waals surface area contributed by atoms with Crippen LogP contribution in [-0.2, 0) is 26.5 Å². The number of para-hydroxylation sites is 3. The minimum atomic E-state index is -0.569. The molecule has 6 nitrogen and oxygen atoms in total. The first-order valence-corrected chi connectivity index (χ1v) is 24.8. The van der Waals surface area contributed by atoms with E-state index in [0.29, 0.717) is 46.0 Å². The van der Waals surface area contributed by atoms with E-state index in [1.54, 1.807) is 42.0 Å². The quantitative estimate of drug-likeness (QED) is 0.114. The summed E-state index contributed by atoms with van der Waals surface area (Å²) in [7, 11) is 0. The fourth-order valence-corrected chi connectivity index (χ4v) is 9.61. The third-order valence-corrected chi connectivity index (χ3v) is 13.4.